The van der Waals surface area contributed by atoms with Gasteiger partial charge in [0, 0.05) is 6.54 Å². The number of hydrogen-bond acceptors (Lipinski definition) is 5. The Morgan fingerprint density at radius 2 is 2.17 bits per heavy atom. The van der Waals surface area contributed by atoms with E-state index in [0.29, 0.717) is 16.1 Å². The van der Waals surface area contributed by atoms with Crippen molar-refractivity contribution < 1.29 is 9.59 Å². The minimum absolute atomic E-state index is 0.208. The summed E-state index contributed by atoms with van der Waals surface area (Å²) in [5.41, 5.74) is 5.27. The first-order valence-electron chi connectivity index (χ1n) is 6.81. The van der Waals surface area contributed by atoms with E-state index in [2.05, 4.69) is 11.6 Å². The van der Waals surface area contributed by atoms with E-state index in [1.54, 1.807) is 37.3 Å². The summed E-state index contributed by atoms with van der Waals surface area (Å²) in [5, 5.41) is 2.23. The molecule has 23 heavy (non-hydrogen) atoms. The largest absolute Gasteiger partial charge is 0.351 e. The predicted octanol–water partition coefficient (Wildman–Crippen LogP) is 1.26. The number of thioether (sulfide) groups is 1. The van der Waals surface area contributed by atoms with Gasteiger partial charge in [0.1, 0.15) is 0 Å². The molecule has 0 fully saturated rings. The van der Waals surface area contributed by atoms with Crippen molar-refractivity contribution in [2.75, 3.05) is 0 Å². The van der Waals surface area contributed by atoms with Crippen LogP contribution in [-0.4, -0.2) is 26.7 Å². The number of carbonyl (C=O) groups excluding carboxylic acids is 2. The Morgan fingerprint density at radius 3 is 2.83 bits per heavy atom. The summed E-state index contributed by atoms with van der Waals surface area (Å²) >= 11 is 1.07. The highest BCUT2D eigenvalue weighted by Crippen LogP contribution is 2.22. The molecule has 3 amide bonds. The molecule has 0 spiro atoms. The van der Waals surface area contributed by atoms with Crippen LogP contribution in [0.15, 0.2) is 46.9 Å². The number of benzene rings is 1. The third-order valence-corrected chi connectivity index (χ3v) is 4.13. The fourth-order valence-electron chi connectivity index (χ4n) is 1.96. The molecule has 1 aromatic heterocycles. The number of imide groups is 1. The molecule has 0 bridgehead atoms. The average molecular weight is 332 g/mol. The van der Waals surface area contributed by atoms with Crippen molar-refractivity contribution in [1.82, 2.24) is 14.9 Å². The number of rotatable bonds is 5. The lowest BCUT2D eigenvalue weighted by molar-refractivity contribution is -0.119. The van der Waals surface area contributed by atoms with Gasteiger partial charge in [-0.25, -0.2) is 9.78 Å². The van der Waals surface area contributed by atoms with Crippen molar-refractivity contribution in [2.45, 2.75) is 23.9 Å². The Kier molecular flexibility index (Phi) is 5.17. The van der Waals surface area contributed by atoms with Gasteiger partial charge in [0.05, 0.1) is 16.2 Å². The van der Waals surface area contributed by atoms with Gasteiger partial charge in [-0.3, -0.25) is 19.5 Å². The third kappa shape index (κ3) is 3.78. The van der Waals surface area contributed by atoms with Crippen molar-refractivity contribution in [1.29, 1.82) is 0 Å². The fourth-order valence-corrected chi connectivity index (χ4v) is 2.88. The van der Waals surface area contributed by atoms with Gasteiger partial charge in [0.15, 0.2) is 5.16 Å². The first kappa shape index (κ1) is 16.8. The van der Waals surface area contributed by atoms with Crippen LogP contribution in [0.4, 0.5) is 4.79 Å². The molecule has 0 aliphatic rings. The average Bonchev–Trinajstić information content (AvgIpc) is 2.50. The summed E-state index contributed by atoms with van der Waals surface area (Å²) in [6, 6.07) is 6.05. The highest BCUT2D eigenvalue weighted by molar-refractivity contribution is 8.00. The van der Waals surface area contributed by atoms with Crippen LogP contribution in [0.2, 0.25) is 0 Å². The Bertz CT molecular complexity index is 831. The van der Waals surface area contributed by atoms with E-state index in [0.717, 1.165) is 11.8 Å². The number of allylic oxidation sites excluding steroid dienone is 1. The first-order valence-corrected chi connectivity index (χ1v) is 7.69. The van der Waals surface area contributed by atoms with Gasteiger partial charge in [-0.1, -0.05) is 30.0 Å². The minimum Gasteiger partial charge on any atom is -0.351 e. The topological polar surface area (TPSA) is 107 Å². The van der Waals surface area contributed by atoms with Gasteiger partial charge in [0.25, 0.3) is 5.56 Å². The van der Waals surface area contributed by atoms with Crippen LogP contribution in [0, 0.1) is 0 Å². The van der Waals surface area contributed by atoms with E-state index < -0.39 is 17.2 Å². The number of fused-ring (bicyclic) bond motifs is 1. The standard InChI is InChI=1S/C15H16N4O3S/c1-3-8-19-13(21)10-6-4-5-7-11(10)17-15(19)23-9(2)12(20)18-14(16)22/h3-7,9H,1,8H2,2H3,(H3,16,18,20,22)/t9-/m0/s1. The van der Waals surface area contributed by atoms with Crippen LogP contribution >= 0.6 is 11.8 Å². The summed E-state index contributed by atoms with van der Waals surface area (Å²) in [6.45, 7) is 5.50. The Hall–Kier alpha value is -2.61. The molecule has 0 saturated carbocycles. The van der Waals surface area contributed by atoms with E-state index in [1.807, 2.05) is 5.32 Å². The highest BCUT2D eigenvalue weighted by Gasteiger charge is 2.19. The summed E-state index contributed by atoms with van der Waals surface area (Å²) in [7, 11) is 0. The molecule has 2 aromatic rings. The Morgan fingerprint density at radius 1 is 1.48 bits per heavy atom. The number of hydrogen-bond donors (Lipinski definition) is 2. The molecule has 2 rings (SSSR count). The summed E-state index contributed by atoms with van der Waals surface area (Å²) in [5.74, 6) is -0.546. The van der Waals surface area contributed by atoms with Crippen molar-refractivity contribution in [3.8, 4) is 0 Å². The molecule has 0 aliphatic heterocycles. The maximum absolute atomic E-state index is 12.6. The number of nitrogens with two attached hydrogens (primary N) is 1. The molecule has 0 radical (unpaired) electrons. The summed E-state index contributed by atoms with van der Waals surface area (Å²) in [4.78, 5) is 39.6. The lowest BCUT2D eigenvalue weighted by Gasteiger charge is -2.14. The lowest BCUT2D eigenvalue weighted by atomic mass is 10.2. The SMILES string of the molecule is C=CCn1c(S[C@@H](C)C(=O)NC(N)=O)nc2ccccc2c1=O. The number of nitrogens with zero attached hydrogens (tertiary/aromatic N) is 2. The Balaban J connectivity index is 2.44. The van der Waals surface area contributed by atoms with Gasteiger partial charge in [-0.2, -0.15) is 0 Å². The number of carbonyl (C=O) groups is 2. The normalized spacial score (nSPS) is 11.9. The monoisotopic (exact) mass is 332 g/mol. The van der Waals surface area contributed by atoms with Crippen molar-refractivity contribution in [3.63, 3.8) is 0 Å². The van der Waals surface area contributed by atoms with E-state index in [4.69, 9.17) is 5.73 Å². The fraction of sp³-hybridized carbons (Fsp3) is 0.200. The minimum atomic E-state index is -0.919. The molecule has 1 atom stereocenters. The van der Waals surface area contributed by atoms with Crippen LogP contribution in [0.1, 0.15) is 6.92 Å². The maximum atomic E-state index is 12.6. The van der Waals surface area contributed by atoms with Gasteiger partial charge in [-0.15, -0.1) is 6.58 Å². The molecule has 3 N–H and O–H groups in total. The lowest BCUT2D eigenvalue weighted by Crippen LogP contribution is -2.39. The second-order valence-corrected chi connectivity index (χ2v) is 6.04. The second kappa shape index (κ2) is 7.10. The van der Waals surface area contributed by atoms with Gasteiger partial charge in [-0.05, 0) is 19.1 Å². The van der Waals surface area contributed by atoms with Crippen molar-refractivity contribution in [2.24, 2.45) is 5.73 Å². The molecular weight excluding hydrogens is 316 g/mol. The van der Waals surface area contributed by atoms with Crippen molar-refractivity contribution >= 4 is 34.6 Å². The predicted molar refractivity (Wildman–Crippen MR) is 89.2 cm³/mol. The summed E-state index contributed by atoms with van der Waals surface area (Å²) < 4.78 is 1.44. The van der Waals surface area contributed by atoms with Gasteiger partial charge >= 0.3 is 6.03 Å². The summed E-state index contributed by atoms with van der Waals surface area (Å²) in [6.07, 6.45) is 1.58. The molecular formula is C15H16N4O3S. The van der Waals surface area contributed by atoms with Crippen molar-refractivity contribution in [3.05, 3.63) is 47.3 Å². The van der Waals surface area contributed by atoms with E-state index in [9.17, 15) is 14.4 Å². The van der Waals surface area contributed by atoms with E-state index in [-0.39, 0.29) is 12.1 Å². The number of amides is 3. The number of primary amides is 1. The van der Waals surface area contributed by atoms with E-state index >= 15 is 0 Å². The van der Waals surface area contributed by atoms with Gasteiger partial charge in [0.2, 0.25) is 5.91 Å². The first-order chi connectivity index (χ1) is 10.9. The molecule has 1 aromatic carbocycles. The van der Waals surface area contributed by atoms with Gasteiger partial charge < -0.3 is 5.73 Å². The number of urea groups is 1. The third-order valence-electron chi connectivity index (χ3n) is 3.04. The Labute approximate surface area is 136 Å². The smallest absolute Gasteiger partial charge is 0.318 e. The van der Waals surface area contributed by atoms with Crippen LogP contribution in [-0.2, 0) is 11.3 Å². The van der Waals surface area contributed by atoms with Crippen LogP contribution in [0.25, 0.3) is 10.9 Å². The molecule has 0 saturated heterocycles. The highest BCUT2D eigenvalue weighted by atomic mass is 32.2. The maximum Gasteiger partial charge on any atom is 0.318 e. The zero-order valence-electron chi connectivity index (χ0n) is 12.5. The molecule has 1 heterocycles. The quantitative estimate of drug-likeness (QED) is 0.487. The zero-order valence-corrected chi connectivity index (χ0v) is 13.3. The molecule has 8 heteroatoms. The number of aromatic nitrogens is 2. The number of para-hydroxylation sites is 1. The van der Waals surface area contributed by atoms with E-state index in [1.165, 1.54) is 4.57 Å². The molecule has 0 aliphatic carbocycles. The van der Waals surface area contributed by atoms with Crippen LogP contribution < -0.4 is 16.6 Å². The molecule has 0 unspecified atom stereocenters. The van der Waals surface area contributed by atoms with Crippen LogP contribution in [0.3, 0.4) is 0 Å². The second-order valence-electron chi connectivity index (χ2n) is 4.73. The zero-order chi connectivity index (χ0) is 17.0. The van der Waals surface area contributed by atoms with Crippen LogP contribution in [0.5, 0.6) is 0 Å². The molecule has 7 nitrogen and oxygen atoms in total. The molecule has 120 valence electrons. The number of nitrogens with one attached hydrogen (secondary N) is 1.